The number of likely N-dealkylation sites (tertiary alicyclic amines) is 1. The Morgan fingerprint density at radius 3 is 3.05 bits per heavy atom. The standard InChI is InChI=1S/C14H19FN2O3/c1-20-14(19)12-5-3-8-17(13(12)18)11-4-2-7-16(10-11)9-6-15/h3,5,8,11H,2,4,6-7,9-10H2,1H3. The largest absolute Gasteiger partial charge is 0.465 e. The predicted octanol–water partition coefficient (Wildman–Crippen LogP) is 1.24. The molecule has 110 valence electrons. The molecule has 1 fully saturated rings. The first-order valence-corrected chi connectivity index (χ1v) is 6.75. The second-order valence-corrected chi connectivity index (χ2v) is 4.91. The van der Waals surface area contributed by atoms with Gasteiger partial charge in [0.2, 0.25) is 0 Å². The van der Waals surface area contributed by atoms with Crippen molar-refractivity contribution in [2.24, 2.45) is 0 Å². The summed E-state index contributed by atoms with van der Waals surface area (Å²) in [6.07, 6.45) is 3.45. The maximum Gasteiger partial charge on any atom is 0.343 e. The molecule has 6 heteroatoms. The molecule has 1 aliphatic heterocycles. The highest BCUT2D eigenvalue weighted by atomic mass is 19.1. The molecule has 1 aliphatic rings. The summed E-state index contributed by atoms with van der Waals surface area (Å²) in [7, 11) is 1.25. The Labute approximate surface area is 117 Å². The average Bonchev–Trinajstić information content (AvgIpc) is 2.47. The van der Waals surface area contributed by atoms with E-state index in [0.29, 0.717) is 13.1 Å². The van der Waals surface area contributed by atoms with E-state index in [-0.39, 0.29) is 23.8 Å². The van der Waals surface area contributed by atoms with Gasteiger partial charge in [0.25, 0.3) is 5.56 Å². The molecule has 0 radical (unpaired) electrons. The van der Waals surface area contributed by atoms with Gasteiger partial charge in [0.05, 0.1) is 7.11 Å². The van der Waals surface area contributed by atoms with Crippen molar-refractivity contribution in [1.82, 2.24) is 9.47 Å². The molecule has 1 aromatic heterocycles. The van der Waals surface area contributed by atoms with Crippen molar-refractivity contribution in [3.8, 4) is 0 Å². The summed E-state index contributed by atoms with van der Waals surface area (Å²) in [6, 6.07) is 3.11. The van der Waals surface area contributed by atoms with E-state index in [4.69, 9.17) is 0 Å². The quantitative estimate of drug-likeness (QED) is 0.780. The number of alkyl halides is 1. The molecule has 0 saturated carbocycles. The summed E-state index contributed by atoms with van der Waals surface area (Å²) < 4.78 is 18.6. The van der Waals surface area contributed by atoms with E-state index >= 15 is 0 Å². The van der Waals surface area contributed by atoms with Crippen molar-refractivity contribution in [2.75, 3.05) is 33.4 Å². The summed E-state index contributed by atoms with van der Waals surface area (Å²) in [5, 5.41) is 0. The second kappa shape index (κ2) is 6.65. The van der Waals surface area contributed by atoms with E-state index in [9.17, 15) is 14.0 Å². The number of halogens is 1. The summed E-state index contributed by atoms with van der Waals surface area (Å²) in [5.41, 5.74) is -0.302. The SMILES string of the molecule is COC(=O)c1cccn(C2CCCN(CCF)C2)c1=O. The van der Waals surface area contributed by atoms with Crippen molar-refractivity contribution < 1.29 is 13.9 Å². The van der Waals surface area contributed by atoms with Crippen LogP contribution in [0.3, 0.4) is 0 Å². The first-order valence-electron chi connectivity index (χ1n) is 6.75. The number of nitrogens with zero attached hydrogens (tertiary/aromatic N) is 2. The number of aromatic nitrogens is 1. The molecule has 2 heterocycles. The van der Waals surface area contributed by atoms with Crippen LogP contribution >= 0.6 is 0 Å². The zero-order chi connectivity index (χ0) is 14.5. The van der Waals surface area contributed by atoms with Gasteiger partial charge < -0.3 is 9.30 Å². The molecule has 1 unspecified atom stereocenters. The van der Waals surface area contributed by atoms with E-state index in [1.807, 2.05) is 4.90 Å². The molecule has 1 aromatic rings. The van der Waals surface area contributed by atoms with Crippen LogP contribution in [0, 0.1) is 0 Å². The molecule has 0 N–H and O–H groups in total. The van der Waals surface area contributed by atoms with Gasteiger partial charge in [0.1, 0.15) is 12.2 Å². The highest BCUT2D eigenvalue weighted by molar-refractivity contribution is 5.88. The topological polar surface area (TPSA) is 51.5 Å². The monoisotopic (exact) mass is 282 g/mol. The van der Waals surface area contributed by atoms with Crippen molar-refractivity contribution in [3.63, 3.8) is 0 Å². The van der Waals surface area contributed by atoms with Gasteiger partial charge in [0, 0.05) is 25.3 Å². The fourth-order valence-electron chi connectivity index (χ4n) is 2.64. The van der Waals surface area contributed by atoms with E-state index in [2.05, 4.69) is 4.74 Å². The maximum atomic E-state index is 12.4. The third-order valence-corrected chi connectivity index (χ3v) is 3.65. The van der Waals surface area contributed by atoms with Crippen LogP contribution in [0.1, 0.15) is 29.2 Å². The third-order valence-electron chi connectivity index (χ3n) is 3.65. The lowest BCUT2D eigenvalue weighted by atomic mass is 10.1. The summed E-state index contributed by atoms with van der Waals surface area (Å²) >= 11 is 0. The van der Waals surface area contributed by atoms with Crippen molar-refractivity contribution >= 4 is 5.97 Å². The zero-order valence-electron chi connectivity index (χ0n) is 11.5. The Morgan fingerprint density at radius 1 is 1.55 bits per heavy atom. The van der Waals surface area contributed by atoms with E-state index < -0.39 is 5.97 Å². The number of pyridine rings is 1. The lowest BCUT2D eigenvalue weighted by Crippen LogP contribution is -2.41. The molecule has 0 aromatic carbocycles. The van der Waals surface area contributed by atoms with Crippen LogP contribution in [-0.2, 0) is 4.74 Å². The first-order chi connectivity index (χ1) is 9.67. The molecule has 0 amide bonds. The number of esters is 1. The van der Waals surface area contributed by atoms with Crippen LogP contribution in [0.4, 0.5) is 4.39 Å². The molecule has 0 bridgehead atoms. The molecular weight excluding hydrogens is 263 g/mol. The second-order valence-electron chi connectivity index (χ2n) is 4.91. The first kappa shape index (κ1) is 14.7. The minimum absolute atomic E-state index is 0.0209. The fourth-order valence-corrected chi connectivity index (χ4v) is 2.64. The van der Waals surface area contributed by atoms with E-state index in [1.165, 1.54) is 13.2 Å². The minimum atomic E-state index is -0.624. The lowest BCUT2D eigenvalue weighted by molar-refractivity contribution is 0.0597. The van der Waals surface area contributed by atoms with Gasteiger partial charge in [-0.25, -0.2) is 9.18 Å². The molecule has 1 atom stereocenters. The minimum Gasteiger partial charge on any atom is -0.465 e. The molecule has 1 saturated heterocycles. The third kappa shape index (κ3) is 3.07. The molecule has 0 spiro atoms. The normalized spacial score (nSPS) is 19.8. The number of methoxy groups -OCH3 is 1. The number of ether oxygens (including phenoxy) is 1. The molecule has 0 aliphatic carbocycles. The van der Waals surface area contributed by atoms with Crippen LogP contribution in [0.25, 0.3) is 0 Å². The highest BCUT2D eigenvalue weighted by Gasteiger charge is 2.23. The Balaban J connectivity index is 2.24. The summed E-state index contributed by atoms with van der Waals surface area (Å²) in [5.74, 6) is -0.624. The Bertz CT molecular complexity index is 527. The average molecular weight is 282 g/mol. The summed E-state index contributed by atoms with van der Waals surface area (Å²) in [4.78, 5) is 25.8. The van der Waals surface area contributed by atoms with E-state index in [1.54, 1.807) is 16.8 Å². The summed E-state index contributed by atoms with van der Waals surface area (Å²) in [6.45, 7) is 1.49. The number of piperidine rings is 1. The van der Waals surface area contributed by atoms with Crippen molar-refractivity contribution in [3.05, 3.63) is 34.2 Å². The van der Waals surface area contributed by atoms with Crippen LogP contribution in [0.15, 0.2) is 23.1 Å². The molecule has 5 nitrogen and oxygen atoms in total. The smallest absolute Gasteiger partial charge is 0.343 e. The Morgan fingerprint density at radius 2 is 2.35 bits per heavy atom. The van der Waals surface area contributed by atoms with Gasteiger partial charge in [-0.1, -0.05) is 0 Å². The van der Waals surface area contributed by atoms with Gasteiger partial charge in [-0.2, -0.15) is 0 Å². The van der Waals surface area contributed by atoms with Gasteiger partial charge in [0.15, 0.2) is 0 Å². The van der Waals surface area contributed by atoms with Gasteiger partial charge in [-0.05, 0) is 31.5 Å². The zero-order valence-corrected chi connectivity index (χ0v) is 11.5. The number of rotatable bonds is 4. The van der Waals surface area contributed by atoms with Crippen LogP contribution in [0.2, 0.25) is 0 Å². The maximum absolute atomic E-state index is 12.4. The highest BCUT2D eigenvalue weighted by Crippen LogP contribution is 2.20. The molecular formula is C14H19FN2O3. The van der Waals surface area contributed by atoms with Gasteiger partial charge in [-0.3, -0.25) is 9.69 Å². The predicted molar refractivity (Wildman–Crippen MR) is 72.7 cm³/mol. The lowest BCUT2D eigenvalue weighted by Gasteiger charge is -2.33. The molecule has 2 rings (SSSR count). The number of carbonyl (C=O) groups excluding carboxylic acids is 1. The Kier molecular flexibility index (Phi) is 4.89. The van der Waals surface area contributed by atoms with E-state index in [0.717, 1.165) is 19.4 Å². The fraction of sp³-hybridized carbons (Fsp3) is 0.571. The van der Waals surface area contributed by atoms with Crippen molar-refractivity contribution in [1.29, 1.82) is 0 Å². The van der Waals surface area contributed by atoms with Crippen LogP contribution in [-0.4, -0.2) is 48.9 Å². The number of hydrogen-bond donors (Lipinski definition) is 0. The van der Waals surface area contributed by atoms with Crippen molar-refractivity contribution in [2.45, 2.75) is 18.9 Å². The Hall–Kier alpha value is -1.69. The van der Waals surface area contributed by atoms with Gasteiger partial charge in [-0.15, -0.1) is 0 Å². The van der Waals surface area contributed by atoms with Crippen LogP contribution < -0.4 is 5.56 Å². The van der Waals surface area contributed by atoms with Crippen LogP contribution in [0.5, 0.6) is 0 Å². The molecule has 20 heavy (non-hydrogen) atoms. The number of carbonyl (C=O) groups is 1. The number of hydrogen-bond acceptors (Lipinski definition) is 4. The van der Waals surface area contributed by atoms with Gasteiger partial charge >= 0.3 is 5.97 Å².